The molecule has 0 saturated carbocycles. The van der Waals surface area contributed by atoms with E-state index in [0.29, 0.717) is 13.2 Å². The number of nitrogens with two attached hydrogens (primary N) is 1. The van der Waals surface area contributed by atoms with Gasteiger partial charge < -0.3 is 15.2 Å². The Morgan fingerprint density at radius 2 is 1.95 bits per heavy atom. The maximum Gasteiger partial charge on any atom is 0.327 e. The standard InChI is InChI=1S/C12H26NO4PS2/c1-15-10-12(11-17-18-14)4-2-6-16-7-9-20-19-8-3-5-13/h12H,2-11,13H2,1H3. The van der Waals surface area contributed by atoms with E-state index in [0.717, 1.165) is 50.5 Å². The zero-order valence-corrected chi connectivity index (χ0v) is 14.6. The van der Waals surface area contributed by atoms with Crippen molar-refractivity contribution < 1.29 is 18.6 Å². The Hall–Kier alpha value is 0.640. The maximum absolute atomic E-state index is 10.3. The van der Waals surface area contributed by atoms with Crippen LogP contribution < -0.4 is 5.73 Å². The highest BCUT2D eigenvalue weighted by Gasteiger charge is 2.08. The van der Waals surface area contributed by atoms with Gasteiger partial charge in [-0.2, -0.15) is 0 Å². The van der Waals surface area contributed by atoms with Crippen molar-refractivity contribution in [3.05, 3.63) is 0 Å². The number of methoxy groups -OCH3 is 1. The van der Waals surface area contributed by atoms with Crippen molar-refractivity contribution >= 4 is 30.3 Å². The molecule has 0 fully saturated rings. The molecule has 0 aliphatic carbocycles. The van der Waals surface area contributed by atoms with E-state index in [2.05, 4.69) is 0 Å². The third kappa shape index (κ3) is 15.0. The second-order valence-corrected chi connectivity index (χ2v) is 7.34. The Morgan fingerprint density at radius 3 is 2.65 bits per heavy atom. The van der Waals surface area contributed by atoms with Gasteiger partial charge in [-0.1, -0.05) is 21.6 Å². The molecule has 0 bridgehead atoms. The summed E-state index contributed by atoms with van der Waals surface area (Å²) in [5, 5.41) is 0. The van der Waals surface area contributed by atoms with Gasteiger partial charge in [-0.25, -0.2) is 4.57 Å². The topological polar surface area (TPSA) is 70.8 Å². The molecule has 0 amide bonds. The van der Waals surface area contributed by atoms with Gasteiger partial charge in [0.05, 0.1) is 19.8 Å². The van der Waals surface area contributed by atoms with Crippen molar-refractivity contribution in [2.24, 2.45) is 11.7 Å². The van der Waals surface area contributed by atoms with E-state index in [1.165, 1.54) is 0 Å². The van der Waals surface area contributed by atoms with Gasteiger partial charge >= 0.3 is 8.69 Å². The fourth-order valence-electron chi connectivity index (χ4n) is 1.52. The van der Waals surface area contributed by atoms with Crippen molar-refractivity contribution in [2.75, 3.05) is 51.6 Å². The lowest BCUT2D eigenvalue weighted by Crippen LogP contribution is -2.14. The molecule has 8 heteroatoms. The smallest absolute Gasteiger partial charge is 0.327 e. The molecule has 0 aliphatic heterocycles. The molecule has 0 aromatic carbocycles. The lowest BCUT2D eigenvalue weighted by molar-refractivity contribution is 0.100. The predicted molar refractivity (Wildman–Crippen MR) is 87.6 cm³/mol. The zero-order valence-electron chi connectivity index (χ0n) is 12.1. The molecular weight excluding hydrogens is 317 g/mol. The van der Waals surface area contributed by atoms with Gasteiger partial charge in [-0.3, -0.25) is 4.52 Å². The van der Waals surface area contributed by atoms with Crippen LogP contribution in [0.15, 0.2) is 0 Å². The minimum absolute atomic E-state index is 0.263. The third-order valence-electron chi connectivity index (χ3n) is 2.49. The molecular formula is C12H26NO4PS2. The summed E-state index contributed by atoms with van der Waals surface area (Å²) in [6.45, 7) is 3.40. The molecule has 0 aliphatic rings. The van der Waals surface area contributed by atoms with Gasteiger partial charge in [-0.15, -0.1) is 0 Å². The van der Waals surface area contributed by atoms with E-state index < -0.39 is 0 Å². The Labute approximate surface area is 131 Å². The normalized spacial score (nSPS) is 12.9. The van der Waals surface area contributed by atoms with E-state index in [9.17, 15) is 4.57 Å². The van der Waals surface area contributed by atoms with Gasteiger partial charge in [0, 0.05) is 31.1 Å². The largest absolute Gasteiger partial charge is 0.384 e. The Kier molecular flexibility index (Phi) is 18.3. The van der Waals surface area contributed by atoms with E-state index in [1.807, 2.05) is 21.6 Å². The van der Waals surface area contributed by atoms with Crippen LogP contribution in [0, 0.1) is 5.92 Å². The van der Waals surface area contributed by atoms with E-state index in [4.69, 9.17) is 19.7 Å². The second kappa shape index (κ2) is 17.7. The summed E-state index contributed by atoms with van der Waals surface area (Å²) in [4.78, 5) is 0. The van der Waals surface area contributed by atoms with Crippen LogP contribution in [0.3, 0.4) is 0 Å². The number of hydrogen-bond donors (Lipinski definition) is 1. The third-order valence-corrected chi connectivity index (χ3v) is 5.20. The maximum atomic E-state index is 10.3. The highest BCUT2D eigenvalue weighted by molar-refractivity contribution is 8.76. The average Bonchev–Trinajstić information content (AvgIpc) is 2.46. The van der Waals surface area contributed by atoms with Gasteiger partial charge in [-0.05, 0) is 25.8 Å². The van der Waals surface area contributed by atoms with Gasteiger partial charge in [0.2, 0.25) is 0 Å². The molecule has 0 aromatic rings. The molecule has 0 saturated heterocycles. The molecule has 1 atom stereocenters. The number of ether oxygens (including phenoxy) is 2. The van der Waals surface area contributed by atoms with Crippen LogP contribution in [0.2, 0.25) is 0 Å². The summed E-state index contributed by atoms with van der Waals surface area (Å²) >= 11 is 0. The SMILES string of the molecule is COCC(CCCOCCSSCCCN)COP=O. The van der Waals surface area contributed by atoms with E-state index >= 15 is 0 Å². The van der Waals surface area contributed by atoms with Crippen LogP contribution in [0.4, 0.5) is 0 Å². The molecule has 20 heavy (non-hydrogen) atoms. The first-order chi connectivity index (χ1) is 9.85. The summed E-state index contributed by atoms with van der Waals surface area (Å²) in [6, 6.07) is 0. The van der Waals surface area contributed by atoms with Crippen LogP contribution in [0.25, 0.3) is 0 Å². The molecule has 0 radical (unpaired) electrons. The van der Waals surface area contributed by atoms with Crippen LogP contribution in [-0.4, -0.2) is 51.6 Å². The number of hydrogen-bond acceptors (Lipinski definition) is 7. The second-order valence-electron chi connectivity index (χ2n) is 4.23. The first-order valence-electron chi connectivity index (χ1n) is 6.81. The summed E-state index contributed by atoms with van der Waals surface area (Å²) in [5.74, 6) is 2.40. The Morgan fingerprint density at radius 1 is 1.15 bits per heavy atom. The van der Waals surface area contributed by atoms with Crippen molar-refractivity contribution in [3.8, 4) is 0 Å². The van der Waals surface area contributed by atoms with Gasteiger partial charge in [0.25, 0.3) is 0 Å². The fraction of sp³-hybridized carbons (Fsp3) is 1.00. The quantitative estimate of drug-likeness (QED) is 0.262. The Bertz CT molecular complexity index is 216. The summed E-state index contributed by atoms with van der Waals surface area (Å²) in [6.07, 6.45) is 3.00. The van der Waals surface area contributed by atoms with Crippen molar-refractivity contribution in [1.29, 1.82) is 0 Å². The summed E-state index contributed by atoms with van der Waals surface area (Å²) < 4.78 is 25.8. The molecule has 1 unspecified atom stereocenters. The molecule has 5 nitrogen and oxygen atoms in total. The Balaban J connectivity index is 3.29. The van der Waals surface area contributed by atoms with Crippen molar-refractivity contribution in [3.63, 3.8) is 0 Å². The molecule has 0 aromatic heterocycles. The highest BCUT2D eigenvalue weighted by atomic mass is 33.1. The summed E-state index contributed by atoms with van der Waals surface area (Å²) in [7, 11) is 5.09. The fourth-order valence-corrected chi connectivity index (χ4v) is 3.76. The monoisotopic (exact) mass is 343 g/mol. The highest BCUT2D eigenvalue weighted by Crippen LogP contribution is 2.21. The lowest BCUT2D eigenvalue weighted by atomic mass is 10.1. The van der Waals surface area contributed by atoms with Crippen molar-refractivity contribution in [1.82, 2.24) is 0 Å². The molecule has 0 spiro atoms. The molecule has 2 N–H and O–H groups in total. The van der Waals surface area contributed by atoms with E-state index in [1.54, 1.807) is 7.11 Å². The first kappa shape index (κ1) is 20.6. The predicted octanol–water partition coefficient (Wildman–Crippen LogP) is 3.00. The van der Waals surface area contributed by atoms with E-state index in [-0.39, 0.29) is 14.6 Å². The minimum atomic E-state index is -0.263. The van der Waals surface area contributed by atoms with Crippen LogP contribution >= 0.6 is 30.3 Å². The molecule has 120 valence electrons. The van der Waals surface area contributed by atoms with Crippen molar-refractivity contribution in [2.45, 2.75) is 19.3 Å². The summed E-state index contributed by atoms with van der Waals surface area (Å²) in [5.41, 5.74) is 5.42. The van der Waals surface area contributed by atoms with Gasteiger partial charge in [0.15, 0.2) is 0 Å². The first-order valence-corrected chi connectivity index (χ1v) is 10.0. The van der Waals surface area contributed by atoms with Crippen LogP contribution in [-0.2, 0) is 18.6 Å². The average molecular weight is 343 g/mol. The van der Waals surface area contributed by atoms with Gasteiger partial charge in [0.1, 0.15) is 0 Å². The van der Waals surface area contributed by atoms with Crippen LogP contribution in [0.5, 0.6) is 0 Å². The zero-order chi connectivity index (χ0) is 14.9. The lowest BCUT2D eigenvalue weighted by Gasteiger charge is -2.13. The van der Waals surface area contributed by atoms with Crippen LogP contribution in [0.1, 0.15) is 19.3 Å². The minimum Gasteiger partial charge on any atom is -0.384 e. The molecule has 0 heterocycles. The number of rotatable bonds is 16. The molecule has 0 rings (SSSR count).